The van der Waals surface area contributed by atoms with Crippen LogP contribution in [0.2, 0.25) is 5.02 Å². The van der Waals surface area contributed by atoms with E-state index in [9.17, 15) is 4.79 Å². The maximum absolute atomic E-state index is 12.3. The molecule has 4 nitrogen and oxygen atoms in total. The Labute approximate surface area is 176 Å². The van der Waals surface area contributed by atoms with E-state index in [2.05, 4.69) is 11.4 Å². The zero-order valence-electron chi connectivity index (χ0n) is 16.4. The molecule has 1 amide bonds. The van der Waals surface area contributed by atoms with Gasteiger partial charge in [0.15, 0.2) is 0 Å². The summed E-state index contributed by atoms with van der Waals surface area (Å²) in [5.41, 5.74) is 2.72. The van der Waals surface area contributed by atoms with Crippen molar-refractivity contribution >= 4 is 17.5 Å². The number of aryl methyl sites for hydroxylation is 1. The van der Waals surface area contributed by atoms with Crippen LogP contribution in [-0.4, -0.2) is 19.6 Å². The van der Waals surface area contributed by atoms with E-state index in [1.807, 2.05) is 42.5 Å². The van der Waals surface area contributed by atoms with Crippen molar-refractivity contribution in [2.75, 3.05) is 13.7 Å². The summed E-state index contributed by atoms with van der Waals surface area (Å²) in [7, 11) is 1.66. The third-order valence-electron chi connectivity index (χ3n) is 4.53. The Bertz CT molecular complexity index is 941. The average Bonchev–Trinajstić information content (AvgIpc) is 2.76. The SMILES string of the molecule is COc1cccc(CCCNC(=O)c2ccc(OCc3ccccc3Cl)cc2)c1. The van der Waals surface area contributed by atoms with Gasteiger partial charge in [-0.05, 0) is 60.9 Å². The number of nitrogens with one attached hydrogen (secondary N) is 1. The molecule has 0 atom stereocenters. The molecule has 3 rings (SSSR count). The first-order valence-electron chi connectivity index (χ1n) is 9.53. The predicted octanol–water partition coefficient (Wildman–Crippen LogP) is 5.29. The van der Waals surface area contributed by atoms with Crippen molar-refractivity contribution in [1.82, 2.24) is 5.32 Å². The molecule has 0 aliphatic carbocycles. The van der Waals surface area contributed by atoms with Gasteiger partial charge in [0, 0.05) is 22.7 Å². The molecular weight excluding hydrogens is 386 g/mol. The van der Waals surface area contributed by atoms with Gasteiger partial charge in [0.05, 0.1) is 7.11 Å². The van der Waals surface area contributed by atoms with Crippen molar-refractivity contribution < 1.29 is 14.3 Å². The summed E-state index contributed by atoms with van der Waals surface area (Å²) in [5.74, 6) is 1.45. The standard InChI is InChI=1S/C24H24ClNO3/c1-28-22-9-4-6-18(16-22)7-5-15-26-24(27)19-11-13-21(14-12-19)29-17-20-8-2-3-10-23(20)25/h2-4,6,8-14,16H,5,7,15,17H2,1H3,(H,26,27). The van der Waals surface area contributed by atoms with E-state index in [0.29, 0.717) is 29.5 Å². The number of amides is 1. The number of hydrogen-bond donors (Lipinski definition) is 1. The van der Waals surface area contributed by atoms with E-state index in [-0.39, 0.29) is 5.91 Å². The second-order valence-electron chi connectivity index (χ2n) is 6.62. The zero-order chi connectivity index (χ0) is 20.5. The summed E-state index contributed by atoms with van der Waals surface area (Å²) in [6.07, 6.45) is 1.74. The number of carbonyl (C=O) groups is 1. The van der Waals surface area contributed by atoms with E-state index >= 15 is 0 Å². The third kappa shape index (κ3) is 6.26. The minimum atomic E-state index is -0.0895. The molecule has 29 heavy (non-hydrogen) atoms. The summed E-state index contributed by atoms with van der Waals surface area (Å²) in [6, 6.07) is 22.7. The highest BCUT2D eigenvalue weighted by atomic mass is 35.5. The van der Waals surface area contributed by atoms with Crippen LogP contribution in [0.1, 0.15) is 27.9 Å². The molecule has 0 bridgehead atoms. The van der Waals surface area contributed by atoms with Crippen LogP contribution < -0.4 is 14.8 Å². The molecule has 0 saturated heterocycles. The minimum absolute atomic E-state index is 0.0895. The smallest absolute Gasteiger partial charge is 0.251 e. The molecule has 0 spiro atoms. The van der Waals surface area contributed by atoms with Gasteiger partial charge in [-0.1, -0.05) is 41.9 Å². The van der Waals surface area contributed by atoms with Crippen LogP contribution >= 0.6 is 11.6 Å². The number of methoxy groups -OCH3 is 1. The maximum atomic E-state index is 12.3. The van der Waals surface area contributed by atoms with Crippen molar-refractivity contribution in [3.63, 3.8) is 0 Å². The highest BCUT2D eigenvalue weighted by Crippen LogP contribution is 2.19. The van der Waals surface area contributed by atoms with Crippen LogP contribution in [0.25, 0.3) is 0 Å². The van der Waals surface area contributed by atoms with Gasteiger partial charge in [-0.3, -0.25) is 4.79 Å². The molecule has 0 unspecified atom stereocenters. The number of benzene rings is 3. The van der Waals surface area contributed by atoms with E-state index in [1.165, 1.54) is 5.56 Å². The molecule has 0 aliphatic rings. The van der Waals surface area contributed by atoms with Gasteiger partial charge in [0.2, 0.25) is 0 Å². The lowest BCUT2D eigenvalue weighted by Gasteiger charge is -2.09. The fraction of sp³-hybridized carbons (Fsp3) is 0.208. The molecule has 150 valence electrons. The normalized spacial score (nSPS) is 10.4. The highest BCUT2D eigenvalue weighted by molar-refractivity contribution is 6.31. The van der Waals surface area contributed by atoms with Gasteiger partial charge in [-0.15, -0.1) is 0 Å². The summed E-state index contributed by atoms with van der Waals surface area (Å²) in [6.45, 7) is 0.996. The molecular formula is C24H24ClNO3. The number of halogens is 1. The fourth-order valence-corrected chi connectivity index (χ4v) is 3.09. The Morgan fingerprint density at radius 3 is 2.52 bits per heavy atom. The maximum Gasteiger partial charge on any atom is 0.251 e. The number of carbonyl (C=O) groups excluding carboxylic acids is 1. The number of rotatable bonds is 9. The minimum Gasteiger partial charge on any atom is -0.497 e. The van der Waals surface area contributed by atoms with Crippen molar-refractivity contribution in [3.8, 4) is 11.5 Å². The number of hydrogen-bond acceptors (Lipinski definition) is 3. The van der Waals surface area contributed by atoms with Crippen LogP contribution in [0.3, 0.4) is 0 Å². The lowest BCUT2D eigenvalue weighted by molar-refractivity contribution is 0.0953. The predicted molar refractivity (Wildman–Crippen MR) is 116 cm³/mol. The van der Waals surface area contributed by atoms with Gasteiger partial charge < -0.3 is 14.8 Å². The zero-order valence-corrected chi connectivity index (χ0v) is 17.1. The van der Waals surface area contributed by atoms with Crippen molar-refractivity contribution in [2.24, 2.45) is 0 Å². The van der Waals surface area contributed by atoms with Crippen LogP contribution in [0.15, 0.2) is 72.8 Å². The first-order valence-corrected chi connectivity index (χ1v) is 9.91. The van der Waals surface area contributed by atoms with Gasteiger partial charge in [0.25, 0.3) is 5.91 Å². The van der Waals surface area contributed by atoms with Gasteiger partial charge >= 0.3 is 0 Å². The van der Waals surface area contributed by atoms with Crippen LogP contribution in [0, 0.1) is 0 Å². The molecule has 0 heterocycles. The quantitative estimate of drug-likeness (QED) is 0.488. The monoisotopic (exact) mass is 409 g/mol. The van der Waals surface area contributed by atoms with E-state index in [0.717, 1.165) is 24.2 Å². The summed E-state index contributed by atoms with van der Waals surface area (Å²) < 4.78 is 11.0. The summed E-state index contributed by atoms with van der Waals surface area (Å²) in [4.78, 5) is 12.3. The number of ether oxygens (including phenoxy) is 2. The van der Waals surface area contributed by atoms with Crippen LogP contribution in [0.4, 0.5) is 0 Å². The van der Waals surface area contributed by atoms with Crippen molar-refractivity contribution in [3.05, 3.63) is 94.5 Å². The van der Waals surface area contributed by atoms with Crippen LogP contribution in [0.5, 0.6) is 11.5 Å². The summed E-state index contributed by atoms with van der Waals surface area (Å²) in [5, 5.41) is 3.63. The lowest BCUT2D eigenvalue weighted by atomic mass is 10.1. The molecule has 1 N–H and O–H groups in total. The Balaban J connectivity index is 1.43. The Hall–Kier alpha value is -2.98. The molecule has 0 aliphatic heterocycles. The fourth-order valence-electron chi connectivity index (χ4n) is 2.90. The van der Waals surface area contributed by atoms with Gasteiger partial charge in [-0.2, -0.15) is 0 Å². The Morgan fingerprint density at radius 1 is 0.966 bits per heavy atom. The topological polar surface area (TPSA) is 47.6 Å². The first kappa shape index (κ1) is 20.7. The second-order valence-corrected chi connectivity index (χ2v) is 7.02. The second kappa shape index (κ2) is 10.5. The molecule has 5 heteroatoms. The average molecular weight is 410 g/mol. The van der Waals surface area contributed by atoms with E-state index in [4.69, 9.17) is 21.1 Å². The molecule has 3 aromatic carbocycles. The third-order valence-corrected chi connectivity index (χ3v) is 4.90. The molecule has 0 saturated carbocycles. The molecule has 0 radical (unpaired) electrons. The lowest BCUT2D eigenvalue weighted by Crippen LogP contribution is -2.24. The van der Waals surface area contributed by atoms with Gasteiger partial charge in [-0.25, -0.2) is 0 Å². The largest absolute Gasteiger partial charge is 0.497 e. The Kier molecular flexibility index (Phi) is 7.54. The van der Waals surface area contributed by atoms with Crippen LogP contribution in [-0.2, 0) is 13.0 Å². The van der Waals surface area contributed by atoms with E-state index in [1.54, 1.807) is 31.4 Å². The summed E-state index contributed by atoms with van der Waals surface area (Å²) >= 11 is 6.13. The molecule has 0 aromatic heterocycles. The molecule has 3 aromatic rings. The van der Waals surface area contributed by atoms with E-state index < -0.39 is 0 Å². The van der Waals surface area contributed by atoms with Crippen molar-refractivity contribution in [1.29, 1.82) is 0 Å². The Morgan fingerprint density at radius 2 is 1.76 bits per heavy atom. The highest BCUT2D eigenvalue weighted by Gasteiger charge is 2.06. The van der Waals surface area contributed by atoms with Gasteiger partial charge in [0.1, 0.15) is 18.1 Å². The first-order chi connectivity index (χ1) is 14.2. The molecule has 0 fully saturated rings. The van der Waals surface area contributed by atoms with Crippen molar-refractivity contribution in [2.45, 2.75) is 19.4 Å².